The molecule has 0 aromatic carbocycles. The molecule has 0 fully saturated rings. The van der Waals surface area contributed by atoms with Crippen LogP contribution in [-0.2, 0) is 16.0 Å². The number of rotatable bonds is 3. The van der Waals surface area contributed by atoms with Crippen LogP contribution >= 0.6 is 11.3 Å². The molecule has 6 nitrogen and oxygen atoms in total. The highest BCUT2D eigenvalue weighted by Crippen LogP contribution is 2.20. The maximum atomic E-state index is 11.0. The Balaban J connectivity index is 2.14. The van der Waals surface area contributed by atoms with Gasteiger partial charge in [0.2, 0.25) is 0 Å². The van der Waals surface area contributed by atoms with Gasteiger partial charge in [0.1, 0.15) is 10.7 Å². The van der Waals surface area contributed by atoms with Crippen LogP contribution in [0.4, 0.5) is 0 Å². The lowest BCUT2D eigenvalue weighted by Gasteiger charge is -1.93. The molecular formula is C8H8N4O2S. The zero-order valence-electron chi connectivity index (χ0n) is 7.93. The highest BCUT2D eigenvalue weighted by Gasteiger charge is 2.10. The van der Waals surface area contributed by atoms with Gasteiger partial charge in [-0.05, 0) is 0 Å². The molecule has 1 N–H and O–H groups in total. The third-order valence-corrected chi connectivity index (χ3v) is 2.65. The minimum absolute atomic E-state index is 0.185. The van der Waals surface area contributed by atoms with E-state index in [9.17, 15) is 4.79 Å². The van der Waals surface area contributed by atoms with E-state index in [0.717, 1.165) is 5.01 Å². The topological polar surface area (TPSA) is 80.8 Å². The van der Waals surface area contributed by atoms with Crippen molar-refractivity contribution in [2.45, 2.75) is 6.42 Å². The number of hydrogen-bond acceptors (Lipinski definition) is 6. The molecule has 0 spiro atoms. The number of methoxy groups -OCH3 is 1. The van der Waals surface area contributed by atoms with Crippen molar-refractivity contribution in [3.8, 4) is 10.7 Å². The molecule has 0 radical (unpaired) electrons. The molecule has 0 amide bonds. The summed E-state index contributed by atoms with van der Waals surface area (Å²) in [6.45, 7) is 0. The van der Waals surface area contributed by atoms with Crippen LogP contribution in [0.1, 0.15) is 5.69 Å². The number of nitrogens with one attached hydrogen (secondary N) is 1. The van der Waals surface area contributed by atoms with E-state index in [4.69, 9.17) is 0 Å². The van der Waals surface area contributed by atoms with Gasteiger partial charge in [0.05, 0.1) is 25.4 Å². The van der Waals surface area contributed by atoms with Crippen LogP contribution in [0.5, 0.6) is 0 Å². The molecule has 2 rings (SSSR count). The van der Waals surface area contributed by atoms with E-state index in [1.807, 2.05) is 0 Å². The summed E-state index contributed by atoms with van der Waals surface area (Å²) in [4.78, 5) is 15.2. The van der Waals surface area contributed by atoms with E-state index in [2.05, 4.69) is 25.1 Å². The minimum Gasteiger partial charge on any atom is -0.469 e. The van der Waals surface area contributed by atoms with Crippen LogP contribution in [-0.4, -0.2) is 33.5 Å². The molecule has 2 heterocycles. The molecule has 2 aromatic heterocycles. The molecule has 0 saturated carbocycles. The van der Waals surface area contributed by atoms with Crippen LogP contribution in [0, 0.1) is 0 Å². The normalized spacial score (nSPS) is 10.2. The molecule has 0 aliphatic heterocycles. The zero-order chi connectivity index (χ0) is 10.7. The Labute approximate surface area is 89.3 Å². The first-order valence-electron chi connectivity index (χ1n) is 4.17. The summed E-state index contributed by atoms with van der Waals surface area (Å²) in [5, 5.41) is 12.6. The van der Waals surface area contributed by atoms with Crippen molar-refractivity contribution in [2.24, 2.45) is 0 Å². The van der Waals surface area contributed by atoms with Crippen LogP contribution in [0.3, 0.4) is 0 Å². The third-order valence-electron chi connectivity index (χ3n) is 1.74. The fourth-order valence-corrected chi connectivity index (χ4v) is 1.80. The summed E-state index contributed by atoms with van der Waals surface area (Å²) >= 11 is 1.42. The Bertz CT molecular complexity index is 451. The number of thiazole rings is 1. The molecule has 15 heavy (non-hydrogen) atoms. The lowest BCUT2D eigenvalue weighted by atomic mass is 10.3. The molecule has 0 atom stereocenters. The van der Waals surface area contributed by atoms with Crippen molar-refractivity contribution >= 4 is 17.3 Å². The van der Waals surface area contributed by atoms with Crippen LogP contribution < -0.4 is 0 Å². The molecule has 7 heteroatoms. The monoisotopic (exact) mass is 224 g/mol. The number of nitrogens with zero attached hydrogens (tertiary/aromatic N) is 3. The summed E-state index contributed by atoms with van der Waals surface area (Å²) in [5.41, 5.74) is 1.36. The fraction of sp³-hybridized carbons (Fsp3) is 0.250. The summed E-state index contributed by atoms with van der Waals surface area (Å²) < 4.78 is 4.55. The van der Waals surface area contributed by atoms with E-state index < -0.39 is 0 Å². The molecule has 0 aliphatic rings. The molecule has 0 bridgehead atoms. The quantitative estimate of drug-likeness (QED) is 0.774. The number of hydrogen-bond donors (Lipinski definition) is 1. The van der Waals surface area contributed by atoms with Crippen molar-refractivity contribution in [2.75, 3.05) is 7.11 Å². The van der Waals surface area contributed by atoms with Gasteiger partial charge < -0.3 is 4.74 Å². The summed E-state index contributed by atoms with van der Waals surface area (Å²) in [7, 11) is 1.35. The molecule has 2 aromatic rings. The number of carbonyl (C=O) groups excluding carboxylic acids is 1. The Kier molecular flexibility index (Phi) is 2.72. The molecule has 78 valence electrons. The van der Waals surface area contributed by atoms with Crippen molar-refractivity contribution in [1.29, 1.82) is 0 Å². The second kappa shape index (κ2) is 4.18. The Morgan fingerprint density at radius 3 is 3.20 bits per heavy atom. The van der Waals surface area contributed by atoms with E-state index in [1.165, 1.54) is 18.4 Å². The fourth-order valence-electron chi connectivity index (χ4n) is 1.03. The first-order chi connectivity index (χ1) is 7.29. The second-order valence-corrected chi connectivity index (χ2v) is 3.61. The first-order valence-corrected chi connectivity index (χ1v) is 5.05. The van der Waals surface area contributed by atoms with E-state index in [-0.39, 0.29) is 12.4 Å². The summed E-state index contributed by atoms with van der Waals surface area (Å²) in [6.07, 6.45) is 1.77. The van der Waals surface area contributed by atoms with E-state index in [1.54, 1.807) is 11.6 Å². The highest BCUT2D eigenvalue weighted by atomic mass is 32.1. The number of carbonyl (C=O) groups is 1. The predicted octanol–water partition coefficient (Wildman–Crippen LogP) is 0.644. The van der Waals surface area contributed by atoms with Gasteiger partial charge in [-0.2, -0.15) is 15.4 Å². The highest BCUT2D eigenvalue weighted by molar-refractivity contribution is 7.13. The number of aromatic amines is 1. The molecule has 0 saturated heterocycles. The van der Waals surface area contributed by atoms with E-state index in [0.29, 0.717) is 11.4 Å². The number of esters is 1. The third kappa shape index (κ3) is 2.18. The van der Waals surface area contributed by atoms with E-state index >= 15 is 0 Å². The molecule has 0 aliphatic carbocycles. The van der Waals surface area contributed by atoms with Gasteiger partial charge in [-0.25, -0.2) is 4.98 Å². The largest absolute Gasteiger partial charge is 0.469 e. The van der Waals surface area contributed by atoms with Crippen LogP contribution in [0.25, 0.3) is 10.7 Å². The second-order valence-electron chi connectivity index (χ2n) is 2.75. The number of ether oxygens (including phenoxy) is 1. The number of H-pyrrole nitrogens is 1. The Morgan fingerprint density at radius 2 is 2.53 bits per heavy atom. The minimum atomic E-state index is -0.299. The summed E-state index contributed by atoms with van der Waals surface area (Å²) in [6, 6.07) is 0. The molecular weight excluding hydrogens is 216 g/mol. The average Bonchev–Trinajstić information content (AvgIpc) is 2.85. The SMILES string of the molecule is COC(=O)Cc1csc(-c2cn[nH]n2)n1. The maximum absolute atomic E-state index is 11.0. The van der Waals surface area contributed by atoms with Crippen molar-refractivity contribution < 1.29 is 9.53 Å². The average molecular weight is 224 g/mol. The van der Waals surface area contributed by atoms with Gasteiger partial charge in [-0.1, -0.05) is 0 Å². The van der Waals surface area contributed by atoms with Gasteiger partial charge in [-0.15, -0.1) is 11.3 Å². The Morgan fingerprint density at radius 1 is 1.67 bits per heavy atom. The zero-order valence-corrected chi connectivity index (χ0v) is 8.74. The van der Waals surface area contributed by atoms with Crippen LogP contribution in [0.2, 0.25) is 0 Å². The van der Waals surface area contributed by atoms with Gasteiger partial charge in [0, 0.05) is 5.38 Å². The lowest BCUT2D eigenvalue weighted by Crippen LogP contribution is -2.04. The van der Waals surface area contributed by atoms with Gasteiger partial charge in [0.25, 0.3) is 0 Å². The standard InChI is InChI=1S/C8H8N4O2S/c1-14-7(13)2-5-4-15-8(10-5)6-3-9-12-11-6/h3-4H,2H2,1H3,(H,9,11,12). The van der Waals surface area contributed by atoms with Gasteiger partial charge in [-0.3, -0.25) is 4.79 Å². The molecule has 0 unspecified atom stereocenters. The van der Waals surface area contributed by atoms with Crippen molar-refractivity contribution in [3.63, 3.8) is 0 Å². The lowest BCUT2D eigenvalue weighted by molar-refractivity contribution is -0.139. The Hall–Kier alpha value is -1.76. The van der Waals surface area contributed by atoms with Gasteiger partial charge >= 0.3 is 5.97 Å². The first kappa shape index (κ1) is 9.78. The van der Waals surface area contributed by atoms with Gasteiger partial charge in [0.15, 0.2) is 0 Å². The summed E-state index contributed by atoms with van der Waals surface area (Å²) in [5.74, 6) is -0.299. The smallest absolute Gasteiger partial charge is 0.311 e. The van der Waals surface area contributed by atoms with Crippen molar-refractivity contribution in [3.05, 3.63) is 17.3 Å². The van der Waals surface area contributed by atoms with Crippen molar-refractivity contribution in [1.82, 2.24) is 20.4 Å². The predicted molar refractivity (Wildman–Crippen MR) is 53.2 cm³/mol. The van der Waals surface area contributed by atoms with Crippen LogP contribution in [0.15, 0.2) is 11.6 Å². The number of aromatic nitrogens is 4. The maximum Gasteiger partial charge on any atom is 0.311 e.